The zero-order chi connectivity index (χ0) is 11.1. The summed E-state index contributed by atoms with van der Waals surface area (Å²) in [6, 6.07) is 5.68. The zero-order valence-corrected chi connectivity index (χ0v) is 9.16. The lowest BCUT2D eigenvalue weighted by Gasteiger charge is -2.10. The Morgan fingerprint density at radius 1 is 1.20 bits per heavy atom. The van der Waals surface area contributed by atoms with Gasteiger partial charge in [0.2, 0.25) is 0 Å². The first kappa shape index (κ1) is 11.6. The van der Waals surface area contributed by atoms with Crippen molar-refractivity contribution in [2.45, 2.75) is 0 Å². The summed E-state index contributed by atoms with van der Waals surface area (Å²) in [6.07, 6.45) is 1.77. The van der Waals surface area contributed by atoms with Gasteiger partial charge in [-0.15, -0.1) is 0 Å². The van der Waals surface area contributed by atoms with E-state index in [-0.39, 0.29) is 0 Å². The Morgan fingerprint density at radius 2 is 2.00 bits per heavy atom. The summed E-state index contributed by atoms with van der Waals surface area (Å²) in [6.45, 7) is 4.77. The number of methoxy groups -OCH3 is 2. The Morgan fingerprint density at radius 3 is 2.60 bits per heavy atom. The van der Waals surface area contributed by atoms with E-state index in [9.17, 15) is 0 Å². The van der Waals surface area contributed by atoms with Crippen LogP contribution in [0.25, 0.3) is 6.08 Å². The van der Waals surface area contributed by atoms with E-state index in [1.54, 1.807) is 20.3 Å². The lowest BCUT2D eigenvalue weighted by atomic mass is 10.2. The SMILES string of the molecule is C=Cc1ccc(OCCOC)c(OC)c1. The van der Waals surface area contributed by atoms with Gasteiger partial charge in [-0.3, -0.25) is 0 Å². The quantitative estimate of drug-likeness (QED) is 0.672. The molecule has 0 aromatic heterocycles. The van der Waals surface area contributed by atoms with Crippen molar-refractivity contribution in [3.8, 4) is 11.5 Å². The van der Waals surface area contributed by atoms with Gasteiger partial charge in [0.15, 0.2) is 11.5 Å². The fourth-order valence-corrected chi connectivity index (χ4v) is 1.17. The first-order chi connectivity index (χ1) is 7.31. The topological polar surface area (TPSA) is 27.7 Å². The van der Waals surface area contributed by atoms with Crippen LogP contribution in [0.3, 0.4) is 0 Å². The van der Waals surface area contributed by atoms with Crippen molar-refractivity contribution in [3.05, 3.63) is 30.3 Å². The molecule has 0 saturated carbocycles. The molecule has 15 heavy (non-hydrogen) atoms. The van der Waals surface area contributed by atoms with Crippen LogP contribution in [0.2, 0.25) is 0 Å². The van der Waals surface area contributed by atoms with Crippen LogP contribution in [0, 0.1) is 0 Å². The number of rotatable bonds is 6. The normalized spacial score (nSPS) is 9.73. The molecule has 0 saturated heterocycles. The fraction of sp³-hybridized carbons (Fsp3) is 0.333. The Hall–Kier alpha value is -1.48. The van der Waals surface area contributed by atoms with Crippen LogP contribution < -0.4 is 9.47 Å². The summed E-state index contributed by atoms with van der Waals surface area (Å²) < 4.78 is 15.6. The van der Waals surface area contributed by atoms with E-state index in [1.165, 1.54) is 0 Å². The molecule has 0 aliphatic carbocycles. The van der Waals surface area contributed by atoms with Crippen molar-refractivity contribution in [2.75, 3.05) is 27.4 Å². The molecule has 1 aromatic carbocycles. The number of hydrogen-bond acceptors (Lipinski definition) is 3. The van der Waals surface area contributed by atoms with Crippen LogP contribution in [0.4, 0.5) is 0 Å². The molecule has 0 atom stereocenters. The maximum atomic E-state index is 5.48. The Bertz CT molecular complexity index is 321. The lowest BCUT2D eigenvalue weighted by Crippen LogP contribution is -2.05. The molecule has 0 bridgehead atoms. The van der Waals surface area contributed by atoms with Crippen LogP contribution >= 0.6 is 0 Å². The van der Waals surface area contributed by atoms with Crippen LogP contribution in [0.1, 0.15) is 5.56 Å². The Balaban J connectivity index is 2.73. The van der Waals surface area contributed by atoms with E-state index < -0.39 is 0 Å². The molecule has 0 fully saturated rings. The van der Waals surface area contributed by atoms with E-state index in [0.29, 0.717) is 19.0 Å². The van der Waals surface area contributed by atoms with Crippen LogP contribution in [-0.4, -0.2) is 27.4 Å². The average Bonchev–Trinajstić information content (AvgIpc) is 2.29. The van der Waals surface area contributed by atoms with Gasteiger partial charge in [-0.25, -0.2) is 0 Å². The van der Waals surface area contributed by atoms with Crippen molar-refractivity contribution in [2.24, 2.45) is 0 Å². The summed E-state index contributed by atoms with van der Waals surface area (Å²) in [5, 5.41) is 0. The van der Waals surface area contributed by atoms with Crippen LogP contribution in [-0.2, 0) is 4.74 Å². The average molecular weight is 208 g/mol. The minimum atomic E-state index is 0.514. The first-order valence-corrected chi connectivity index (χ1v) is 4.74. The minimum Gasteiger partial charge on any atom is -0.493 e. The lowest BCUT2D eigenvalue weighted by molar-refractivity contribution is 0.144. The summed E-state index contributed by atoms with van der Waals surface area (Å²) in [5.74, 6) is 1.43. The van der Waals surface area contributed by atoms with E-state index >= 15 is 0 Å². The number of benzene rings is 1. The van der Waals surface area contributed by atoms with Crippen LogP contribution in [0.15, 0.2) is 24.8 Å². The van der Waals surface area contributed by atoms with Crippen molar-refractivity contribution in [1.29, 1.82) is 0 Å². The molecule has 3 nitrogen and oxygen atoms in total. The molecule has 0 aliphatic rings. The van der Waals surface area contributed by atoms with Crippen LogP contribution in [0.5, 0.6) is 11.5 Å². The fourth-order valence-electron chi connectivity index (χ4n) is 1.17. The third kappa shape index (κ3) is 3.29. The molecule has 82 valence electrons. The summed E-state index contributed by atoms with van der Waals surface area (Å²) >= 11 is 0. The van der Waals surface area contributed by atoms with Gasteiger partial charge in [0.25, 0.3) is 0 Å². The van der Waals surface area contributed by atoms with Gasteiger partial charge in [-0.2, -0.15) is 0 Å². The van der Waals surface area contributed by atoms with Crippen molar-refractivity contribution in [1.82, 2.24) is 0 Å². The highest BCUT2D eigenvalue weighted by Gasteiger charge is 2.03. The van der Waals surface area contributed by atoms with Crippen molar-refractivity contribution in [3.63, 3.8) is 0 Å². The number of ether oxygens (including phenoxy) is 3. The standard InChI is InChI=1S/C12H16O3/c1-4-10-5-6-11(12(9-10)14-3)15-8-7-13-2/h4-6,9H,1,7-8H2,2-3H3. The molecule has 0 spiro atoms. The summed E-state index contributed by atoms with van der Waals surface area (Å²) in [7, 11) is 3.26. The zero-order valence-electron chi connectivity index (χ0n) is 9.16. The molecular weight excluding hydrogens is 192 g/mol. The molecule has 1 rings (SSSR count). The smallest absolute Gasteiger partial charge is 0.161 e. The highest BCUT2D eigenvalue weighted by Crippen LogP contribution is 2.28. The Labute approximate surface area is 90.3 Å². The van der Waals surface area contributed by atoms with Crippen molar-refractivity contribution < 1.29 is 14.2 Å². The predicted octanol–water partition coefficient (Wildman–Crippen LogP) is 2.36. The van der Waals surface area contributed by atoms with Gasteiger partial charge in [-0.05, 0) is 17.7 Å². The molecular formula is C12H16O3. The number of hydrogen-bond donors (Lipinski definition) is 0. The molecule has 0 heterocycles. The van der Waals surface area contributed by atoms with E-state index in [1.807, 2.05) is 18.2 Å². The van der Waals surface area contributed by atoms with Crippen molar-refractivity contribution >= 4 is 6.08 Å². The van der Waals surface area contributed by atoms with Gasteiger partial charge in [-0.1, -0.05) is 18.7 Å². The molecule has 0 aliphatic heterocycles. The summed E-state index contributed by atoms with van der Waals surface area (Å²) in [5.41, 5.74) is 1.01. The molecule has 0 N–H and O–H groups in total. The third-order valence-corrected chi connectivity index (χ3v) is 1.97. The molecule has 3 heteroatoms. The largest absolute Gasteiger partial charge is 0.493 e. The van der Waals surface area contributed by atoms with Gasteiger partial charge in [0, 0.05) is 7.11 Å². The first-order valence-electron chi connectivity index (χ1n) is 4.74. The van der Waals surface area contributed by atoms with E-state index in [0.717, 1.165) is 11.3 Å². The molecule has 0 radical (unpaired) electrons. The van der Waals surface area contributed by atoms with E-state index in [2.05, 4.69) is 6.58 Å². The minimum absolute atomic E-state index is 0.514. The van der Waals surface area contributed by atoms with E-state index in [4.69, 9.17) is 14.2 Å². The predicted molar refractivity (Wildman–Crippen MR) is 60.5 cm³/mol. The molecule has 0 amide bonds. The Kier molecular flexibility index (Phi) is 4.71. The maximum absolute atomic E-state index is 5.48. The third-order valence-electron chi connectivity index (χ3n) is 1.97. The van der Waals surface area contributed by atoms with Gasteiger partial charge >= 0.3 is 0 Å². The van der Waals surface area contributed by atoms with Gasteiger partial charge in [0.05, 0.1) is 13.7 Å². The second-order valence-electron chi connectivity index (χ2n) is 2.96. The summed E-state index contributed by atoms with van der Waals surface area (Å²) in [4.78, 5) is 0. The molecule has 1 aromatic rings. The second-order valence-corrected chi connectivity index (χ2v) is 2.96. The maximum Gasteiger partial charge on any atom is 0.161 e. The van der Waals surface area contributed by atoms with Gasteiger partial charge in [0.1, 0.15) is 6.61 Å². The monoisotopic (exact) mass is 208 g/mol. The second kappa shape index (κ2) is 6.09. The highest BCUT2D eigenvalue weighted by molar-refractivity contribution is 5.54. The molecule has 0 unspecified atom stereocenters. The van der Waals surface area contributed by atoms with Gasteiger partial charge < -0.3 is 14.2 Å². The highest BCUT2D eigenvalue weighted by atomic mass is 16.5.